The number of rotatable bonds is 5. The summed E-state index contributed by atoms with van der Waals surface area (Å²) in [7, 11) is -1.96. The van der Waals surface area contributed by atoms with Crippen LogP contribution in [-0.2, 0) is 13.9 Å². The van der Waals surface area contributed by atoms with E-state index in [-0.39, 0.29) is 23.2 Å². The number of aliphatic hydroxyl groups excluding tert-OH is 1. The van der Waals surface area contributed by atoms with Crippen molar-refractivity contribution < 1.29 is 19.0 Å². The van der Waals surface area contributed by atoms with Crippen molar-refractivity contribution in [2.75, 3.05) is 13.2 Å². The van der Waals surface area contributed by atoms with Crippen LogP contribution in [0, 0.1) is 41.4 Å². The van der Waals surface area contributed by atoms with E-state index in [4.69, 9.17) is 13.9 Å². The van der Waals surface area contributed by atoms with Crippen molar-refractivity contribution in [3.05, 3.63) is 0 Å². The van der Waals surface area contributed by atoms with E-state index in [0.717, 1.165) is 25.7 Å². The van der Waals surface area contributed by atoms with Gasteiger partial charge in [0.1, 0.15) is 6.10 Å². The van der Waals surface area contributed by atoms with Gasteiger partial charge in [-0.2, -0.15) is 0 Å². The van der Waals surface area contributed by atoms with Gasteiger partial charge in [-0.05, 0) is 62.1 Å². The van der Waals surface area contributed by atoms with Crippen molar-refractivity contribution in [1.29, 1.82) is 0 Å². The Morgan fingerprint density at radius 2 is 1.63 bits per heavy atom. The third-order valence-corrected chi connectivity index (χ3v) is 14.6. The molecule has 4 aliphatic rings. The number of aliphatic hydroxyl groups is 1. The monoisotopic (exact) mass is 504 g/mol. The van der Waals surface area contributed by atoms with Crippen LogP contribution in [0.15, 0.2) is 0 Å². The van der Waals surface area contributed by atoms with Crippen LogP contribution in [-0.4, -0.2) is 44.6 Å². The summed E-state index contributed by atoms with van der Waals surface area (Å²) in [4.78, 5) is 0. The lowest BCUT2D eigenvalue weighted by Gasteiger charge is -2.62. The largest absolute Gasteiger partial charge is 0.403 e. The first-order chi connectivity index (χ1) is 16.6. The maximum Gasteiger partial charge on any atom is 0.193 e. The molecule has 4 rings (SSSR count). The molecule has 1 saturated heterocycles. The quantitative estimate of drug-likeness (QED) is 0.326. The molecule has 0 bridgehead atoms. The van der Waals surface area contributed by atoms with Gasteiger partial charge in [-0.3, -0.25) is 0 Å². The third kappa shape index (κ3) is 5.58. The minimum absolute atomic E-state index is 0.00259. The lowest BCUT2D eigenvalue weighted by Crippen LogP contribution is -2.67. The van der Waals surface area contributed by atoms with Gasteiger partial charge in [-0.25, -0.2) is 0 Å². The molecule has 0 aromatic heterocycles. The van der Waals surface area contributed by atoms with Crippen molar-refractivity contribution >= 4 is 8.32 Å². The molecule has 4 nitrogen and oxygen atoms in total. The second kappa shape index (κ2) is 11.2. The van der Waals surface area contributed by atoms with Crippen LogP contribution in [0.25, 0.3) is 0 Å². The molecule has 1 aliphatic heterocycles. The van der Waals surface area contributed by atoms with E-state index in [9.17, 15) is 5.11 Å². The first-order valence-electron chi connectivity index (χ1n) is 14.8. The summed E-state index contributed by atoms with van der Waals surface area (Å²) in [5, 5.41) is 11.3. The molecule has 35 heavy (non-hydrogen) atoms. The van der Waals surface area contributed by atoms with Crippen molar-refractivity contribution in [2.24, 2.45) is 29.6 Å². The zero-order chi connectivity index (χ0) is 25.3. The Balaban J connectivity index is 1.60. The van der Waals surface area contributed by atoms with Gasteiger partial charge in [0.25, 0.3) is 0 Å². The Labute approximate surface area is 216 Å². The van der Waals surface area contributed by atoms with Crippen LogP contribution in [0.3, 0.4) is 0 Å². The highest BCUT2D eigenvalue weighted by molar-refractivity contribution is 6.74. The molecule has 1 spiro atoms. The van der Waals surface area contributed by atoms with Gasteiger partial charge in [-0.15, -0.1) is 0 Å². The van der Waals surface area contributed by atoms with E-state index in [1.807, 2.05) is 0 Å². The van der Waals surface area contributed by atoms with Gasteiger partial charge in [0.05, 0.1) is 25.2 Å². The maximum atomic E-state index is 11.2. The highest BCUT2D eigenvalue weighted by Crippen LogP contribution is 2.62. The third-order valence-electron chi connectivity index (χ3n) is 10.1. The van der Waals surface area contributed by atoms with Crippen LogP contribution in [0.5, 0.6) is 0 Å². The smallest absolute Gasteiger partial charge is 0.193 e. The van der Waals surface area contributed by atoms with Crippen molar-refractivity contribution in [3.63, 3.8) is 0 Å². The topological polar surface area (TPSA) is 47.9 Å². The van der Waals surface area contributed by atoms with E-state index in [1.165, 1.54) is 44.9 Å². The molecule has 0 aromatic rings. The lowest BCUT2D eigenvalue weighted by atomic mass is 9.49. The van der Waals surface area contributed by atoms with Crippen molar-refractivity contribution in [1.82, 2.24) is 0 Å². The second-order valence-electron chi connectivity index (χ2n) is 13.4. The summed E-state index contributed by atoms with van der Waals surface area (Å²) in [6.07, 6.45) is 12.7. The van der Waals surface area contributed by atoms with E-state index in [0.29, 0.717) is 36.9 Å². The van der Waals surface area contributed by atoms with Gasteiger partial charge in [0.2, 0.25) is 0 Å². The fourth-order valence-electron chi connectivity index (χ4n) is 7.13. The van der Waals surface area contributed by atoms with Gasteiger partial charge < -0.3 is 19.0 Å². The minimum atomic E-state index is -1.96. The molecule has 5 heteroatoms. The van der Waals surface area contributed by atoms with E-state index >= 15 is 0 Å². The van der Waals surface area contributed by atoms with Crippen LogP contribution < -0.4 is 0 Å². The highest BCUT2D eigenvalue weighted by atomic mass is 28.4. The summed E-state index contributed by atoms with van der Waals surface area (Å²) < 4.78 is 19.6. The molecule has 0 aromatic carbocycles. The molecule has 1 unspecified atom stereocenters. The van der Waals surface area contributed by atoms with Gasteiger partial charge in [-0.1, -0.05) is 78.1 Å². The van der Waals surface area contributed by atoms with Gasteiger partial charge >= 0.3 is 0 Å². The van der Waals surface area contributed by atoms with Crippen LogP contribution in [0.2, 0.25) is 18.1 Å². The summed E-state index contributed by atoms with van der Waals surface area (Å²) >= 11 is 0. The SMILES string of the molecule is CCCC1[C@@H]2[C@@H](C#C[C@H](O[Si](C)(C)C(C)(C)C)C3CCCCCCC3)[C@H](O)CC[C@@H]2C12OCCO2. The van der Waals surface area contributed by atoms with Gasteiger partial charge in [0.15, 0.2) is 14.1 Å². The molecule has 6 atom stereocenters. The van der Waals surface area contributed by atoms with Crippen LogP contribution in [0.4, 0.5) is 0 Å². The summed E-state index contributed by atoms with van der Waals surface area (Å²) in [5.41, 5.74) is 0. The molecule has 0 amide bonds. The number of hydrogen-bond donors (Lipinski definition) is 1. The Morgan fingerprint density at radius 3 is 2.23 bits per heavy atom. The predicted molar refractivity (Wildman–Crippen MR) is 144 cm³/mol. The molecule has 3 aliphatic carbocycles. The molecule has 1 N–H and O–H groups in total. The number of fused-ring (bicyclic) bond motifs is 2. The van der Waals surface area contributed by atoms with Crippen LogP contribution >= 0.6 is 0 Å². The first-order valence-corrected chi connectivity index (χ1v) is 17.7. The summed E-state index contributed by atoms with van der Waals surface area (Å²) in [6.45, 7) is 15.3. The molecule has 0 radical (unpaired) electrons. The Bertz CT molecular complexity index is 749. The van der Waals surface area contributed by atoms with E-state index in [1.54, 1.807) is 0 Å². The fraction of sp³-hybridized carbons (Fsp3) is 0.933. The molecular weight excluding hydrogens is 452 g/mol. The number of hydrogen-bond acceptors (Lipinski definition) is 4. The van der Waals surface area contributed by atoms with Crippen molar-refractivity contribution in [3.8, 4) is 11.8 Å². The average molecular weight is 505 g/mol. The molecule has 1 heterocycles. The Kier molecular flexibility index (Phi) is 8.81. The van der Waals surface area contributed by atoms with Crippen LogP contribution in [0.1, 0.15) is 98.3 Å². The summed E-state index contributed by atoms with van der Waals surface area (Å²) in [5.74, 6) is 8.59. The molecular formula is C30H52O4Si. The number of ether oxygens (including phenoxy) is 2. The van der Waals surface area contributed by atoms with Gasteiger partial charge in [0, 0.05) is 11.8 Å². The molecule has 200 valence electrons. The minimum Gasteiger partial charge on any atom is -0.403 e. The Morgan fingerprint density at radius 1 is 1.00 bits per heavy atom. The average Bonchev–Trinajstić information content (AvgIpc) is 3.27. The highest BCUT2D eigenvalue weighted by Gasteiger charge is 2.68. The maximum absolute atomic E-state index is 11.2. The zero-order valence-electron chi connectivity index (χ0n) is 23.4. The first kappa shape index (κ1) is 27.6. The zero-order valence-corrected chi connectivity index (χ0v) is 24.4. The lowest BCUT2D eigenvalue weighted by molar-refractivity contribution is -0.340. The normalized spacial score (nSPS) is 34.8. The van der Waals surface area contributed by atoms with E-state index < -0.39 is 14.1 Å². The summed E-state index contributed by atoms with van der Waals surface area (Å²) in [6, 6.07) is 0. The fourth-order valence-corrected chi connectivity index (χ4v) is 8.37. The van der Waals surface area contributed by atoms with E-state index in [2.05, 4.69) is 52.6 Å². The molecule has 3 saturated carbocycles. The predicted octanol–water partition coefficient (Wildman–Crippen LogP) is 6.92. The Hall–Kier alpha value is -0.383. The van der Waals surface area contributed by atoms with Crippen molar-refractivity contribution in [2.45, 2.75) is 134 Å². The molecule has 4 fully saturated rings. The standard InChI is InChI=1S/C30H52O4Si/c1-7-13-24-28-23(26(31)18-17-25(28)30(24)32-20-21-33-30)16-19-27(34-35(5,6)29(2,3)4)22-14-11-9-8-10-12-15-22/h22-28,31H,7-15,17-18,20-21H2,1-6H3/t23-,24?,25-,26+,27-,28-/m0/s1. The second-order valence-corrected chi connectivity index (χ2v) is 18.1.